The Morgan fingerprint density at radius 2 is 2.14 bits per heavy atom. The van der Waals surface area contributed by atoms with Crippen LogP contribution in [0.15, 0.2) is 0 Å². The molecule has 2 atom stereocenters. The third kappa shape index (κ3) is 3.49. The van der Waals surface area contributed by atoms with E-state index in [9.17, 15) is 17.2 Å². The van der Waals surface area contributed by atoms with Gasteiger partial charge >= 0.3 is 0 Å². The quantitative estimate of drug-likeness (QED) is 0.767. The molecule has 0 amide bonds. The monoisotopic (exact) mass is 227 g/mol. The Morgan fingerprint density at radius 1 is 1.50 bits per heavy atom. The molecule has 0 aromatic heterocycles. The van der Waals surface area contributed by atoms with Crippen molar-refractivity contribution in [3.05, 3.63) is 0 Å². The number of hydrogen-bond acceptors (Lipinski definition) is 3. The number of sulfone groups is 1. The summed E-state index contributed by atoms with van der Waals surface area (Å²) in [5.74, 6) is 0.333. The minimum Gasteiger partial charge on any atom is -0.309 e. The number of hydrogen-bond donors (Lipinski definition) is 1. The smallest absolute Gasteiger partial charge is 0.253 e. The molecule has 1 N–H and O–H groups in total. The first-order chi connectivity index (χ1) is 6.41. The van der Waals surface area contributed by atoms with Gasteiger partial charge in [0.15, 0.2) is 9.84 Å². The maximum atomic E-state index is 12.1. The summed E-state index contributed by atoms with van der Waals surface area (Å²) in [5.41, 5.74) is 0. The van der Waals surface area contributed by atoms with Crippen molar-refractivity contribution >= 4 is 9.84 Å². The van der Waals surface area contributed by atoms with Crippen LogP contribution in [0.3, 0.4) is 0 Å². The molecule has 0 saturated carbocycles. The van der Waals surface area contributed by atoms with Crippen LogP contribution in [-0.4, -0.2) is 38.9 Å². The summed E-state index contributed by atoms with van der Waals surface area (Å²) in [4.78, 5) is 0. The SMILES string of the molecule is CC(NCC1CCS(=O)(=O)C1)C(F)F. The minimum absolute atomic E-state index is 0.00111. The van der Waals surface area contributed by atoms with Gasteiger partial charge in [-0.3, -0.25) is 0 Å². The Bertz CT molecular complexity index is 279. The normalized spacial score (nSPS) is 28.1. The maximum absolute atomic E-state index is 12.1. The van der Waals surface area contributed by atoms with Crippen molar-refractivity contribution in [2.45, 2.75) is 25.8 Å². The van der Waals surface area contributed by atoms with Gasteiger partial charge in [-0.2, -0.15) is 0 Å². The molecule has 0 aliphatic carbocycles. The molecular formula is C8H15F2NO2S. The second-order valence-electron chi connectivity index (χ2n) is 3.80. The molecule has 1 fully saturated rings. The van der Waals surface area contributed by atoms with E-state index in [0.29, 0.717) is 13.0 Å². The van der Waals surface area contributed by atoms with Crippen molar-refractivity contribution in [1.29, 1.82) is 0 Å². The molecule has 0 aromatic rings. The molecule has 3 nitrogen and oxygen atoms in total. The lowest BCUT2D eigenvalue weighted by atomic mass is 10.1. The highest BCUT2D eigenvalue weighted by atomic mass is 32.2. The van der Waals surface area contributed by atoms with E-state index in [1.807, 2.05) is 0 Å². The average molecular weight is 227 g/mol. The Balaban J connectivity index is 2.27. The van der Waals surface area contributed by atoms with Crippen LogP contribution in [0.1, 0.15) is 13.3 Å². The molecule has 6 heteroatoms. The molecule has 0 bridgehead atoms. The van der Waals surface area contributed by atoms with Gasteiger partial charge in [-0.25, -0.2) is 17.2 Å². The topological polar surface area (TPSA) is 46.2 Å². The fraction of sp³-hybridized carbons (Fsp3) is 1.00. The number of rotatable bonds is 4. The van der Waals surface area contributed by atoms with Gasteiger partial charge in [-0.15, -0.1) is 0 Å². The first-order valence-corrected chi connectivity index (χ1v) is 6.45. The van der Waals surface area contributed by atoms with Crippen molar-refractivity contribution < 1.29 is 17.2 Å². The van der Waals surface area contributed by atoms with E-state index in [0.717, 1.165) is 0 Å². The van der Waals surface area contributed by atoms with Crippen LogP contribution in [0.25, 0.3) is 0 Å². The first-order valence-electron chi connectivity index (χ1n) is 4.62. The number of halogens is 2. The fourth-order valence-electron chi connectivity index (χ4n) is 1.47. The highest BCUT2D eigenvalue weighted by Crippen LogP contribution is 2.17. The summed E-state index contributed by atoms with van der Waals surface area (Å²) in [6, 6.07) is -0.863. The predicted molar refractivity (Wildman–Crippen MR) is 50.2 cm³/mol. The van der Waals surface area contributed by atoms with Gasteiger partial charge in [0.25, 0.3) is 6.43 Å². The van der Waals surface area contributed by atoms with Crippen LogP contribution in [0, 0.1) is 5.92 Å². The fourth-order valence-corrected chi connectivity index (χ4v) is 3.34. The van der Waals surface area contributed by atoms with E-state index in [1.54, 1.807) is 0 Å². The lowest BCUT2D eigenvalue weighted by Gasteiger charge is -2.15. The number of nitrogens with one attached hydrogen (secondary N) is 1. The summed E-state index contributed by atoms with van der Waals surface area (Å²) in [6.45, 7) is 1.76. The third-order valence-electron chi connectivity index (χ3n) is 2.43. The van der Waals surface area contributed by atoms with Gasteiger partial charge < -0.3 is 5.32 Å². The Hall–Kier alpha value is -0.230. The van der Waals surface area contributed by atoms with E-state index < -0.39 is 22.3 Å². The molecule has 0 aromatic carbocycles. The lowest BCUT2D eigenvalue weighted by molar-refractivity contribution is 0.104. The van der Waals surface area contributed by atoms with Gasteiger partial charge in [-0.1, -0.05) is 0 Å². The average Bonchev–Trinajstić information content (AvgIpc) is 2.41. The minimum atomic E-state index is -2.89. The highest BCUT2D eigenvalue weighted by molar-refractivity contribution is 7.91. The first kappa shape index (κ1) is 11.8. The largest absolute Gasteiger partial charge is 0.309 e. The van der Waals surface area contributed by atoms with E-state index >= 15 is 0 Å². The molecule has 1 aliphatic heterocycles. The molecule has 1 rings (SSSR count). The van der Waals surface area contributed by atoms with Gasteiger partial charge in [0, 0.05) is 0 Å². The molecule has 84 valence electrons. The van der Waals surface area contributed by atoms with Crippen LogP contribution in [0.2, 0.25) is 0 Å². The second kappa shape index (κ2) is 4.53. The van der Waals surface area contributed by atoms with Crippen molar-refractivity contribution in [3.63, 3.8) is 0 Å². The standard InChI is InChI=1S/C8H15F2NO2S/c1-6(8(9)10)11-4-7-2-3-14(12,13)5-7/h6-8,11H,2-5H2,1H3. The summed E-state index contributed by atoms with van der Waals surface area (Å²) >= 11 is 0. The molecule has 2 unspecified atom stereocenters. The zero-order valence-corrected chi connectivity index (χ0v) is 8.86. The van der Waals surface area contributed by atoms with E-state index in [2.05, 4.69) is 5.32 Å². The van der Waals surface area contributed by atoms with Gasteiger partial charge in [-0.05, 0) is 25.8 Å². The lowest BCUT2D eigenvalue weighted by Crippen LogP contribution is -2.36. The molecule has 0 spiro atoms. The van der Waals surface area contributed by atoms with Gasteiger partial charge in [0.2, 0.25) is 0 Å². The Labute approximate surface area is 82.8 Å². The van der Waals surface area contributed by atoms with Crippen LogP contribution in [0.5, 0.6) is 0 Å². The highest BCUT2D eigenvalue weighted by Gasteiger charge is 2.28. The number of alkyl halides is 2. The Kier molecular flexibility index (Phi) is 3.83. The third-order valence-corrected chi connectivity index (χ3v) is 4.27. The van der Waals surface area contributed by atoms with Gasteiger partial charge in [0.1, 0.15) is 0 Å². The summed E-state index contributed by atoms with van der Waals surface area (Å²) in [6.07, 6.45) is -1.81. The maximum Gasteiger partial charge on any atom is 0.253 e. The zero-order valence-electron chi connectivity index (χ0n) is 8.04. The van der Waals surface area contributed by atoms with Crippen LogP contribution >= 0.6 is 0 Å². The molecule has 1 aliphatic rings. The van der Waals surface area contributed by atoms with Crippen LogP contribution in [-0.2, 0) is 9.84 Å². The molecular weight excluding hydrogens is 212 g/mol. The second-order valence-corrected chi connectivity index (χ2v) is 6.03. The predicted octanol–water partition coefficient (Wildman–Crippen LogP) is 0.664. The van der Waals surface area contributed by atoms with E-state index in [-0.39, 0.29) is 17.4 Å². The zero-order chi connectivity index (χ0) is 10.8. The van der Waals surface area contributed by atoms with Crippen molar-refractivity contribution in [1.82, 2.24) is 5.32 Å². The van der Waals surface area contributed by atoms with Gasteiger partial charge in [0.05, 0.1) is 17.5 Å². The molecule has 0 radical (unpaired) electrons. The van der Waals surface area contributed by atoms with Crippen molar-refractivity contribution in [2.75, 3.05) is 18.1 Å². The molecule has 1 saturated heterocycles. The van der Waals surface area contributed by atoms with Crippen molar-refractivity contribution in [3.8, 4) is 0 Å². The summed E-state index contributed by atoms with van der Waals surface area (Å²) in [5, 5.41) is 2.65. The Morgan fingerprint density at radius 3 is 2.57 bits per heavy atom. The summed E-state index contributed by atoms with van der Waals surface area (Å²) in [7, 11) is -2.89. The van der Waals surface area contributed by atoms with E-state index in [1.165, 1.54) is 6.92 Å². The molecule has 14 heavy (non-hydrogen) atoms. The van der Waals surface area contributed by atoms with Crippen molar-refractivity contribution in [2.24, 2.45) is 5.92 Å². The van der Waals surface area contributed by atoms with Crippen LogP contribution in [0.4, 0.5) is 8.78 Å². The van der Waals surface area contributed by atoms with E-state index in [4.69, 9.17) is 0 Å². The van der Waals surface area contributed by atoms with Crippen LogP contribution < -0.4 is 5.32 Å². The summed E-state index contributed by atoms with van der Waals surface area (Å²) < 4.78 is 46.2. The molecule has 1 heterocycles.